The molecule has 0 saturated heterocycles. The SMILES string of the molecule is CCONc1ccc(OC)cc1. The first-order valence-corrected chi connectivity index (χ1v) is 3.88. The van der Waals surface area contributed by atoms with E-state index in [1.54, 1.807) is 7.11 Å². The second-order valence-corrected chi connectivity index (χ2v) is 2.26. The van der Waals surface area contributed by atoms with Gasteiger partial charge in [0.2, 0.25) is 0 Å². The second-order valence-electron chi connectivity index (χ2n) is 2.26. The van der Waals surface area contributed by atoms with E-state index in [2.05, 4.69) is 5.48 Å². The molecule has 1 aromatic rings. The zero-order valence-electron chi connectivity index (χ0n) is 7.33. The average molecular weight is 167 g/mol. The van der Waals surface area contributed by atoms with E-state index in [0.29, 0.717) is 6.61 Å². The molecule has 1 N–H and O–H groups in total. The molecule has 0 aromatic heterocycles. The van der Waals surface area contributed by atoms with Crippen LogP contribution in [-0.2, 0) is 4.84 Å². The van der Waals surface area contributed by atoms with E-state index in [1.807, 2.05) is 31.2 Å². The molecular weight excluding hydrogens is 154 g/mol. The fourth-order valence-corrected chi connectivity index (χ4v) is 0.815. The third kappa shape index (κ3) is 2.43. The summed E-state index contributed by atoms with van der Waals surface area (Å²) in [6, 6.07) is 7.55. The lowest BCUT2D eigenvalue weighted by molar-refractivity contribution is 0.210. The molecule has 0 radical (unpaired) electrons. The Morgan fingerprint density at radius 1 is 1.25 bits per heavy atom. The first-order valence-electron chi connectivity index (χ1n) is 3.88. The molecule has 0 heterocycles. The standard InChI is InChI=1S/C9H13NO2/c1-3-12-10-8-4-6-9(11-2)7-5-8/h4-7,10H,3H2,1-2H3. The minimum Gasteiger partial charge on any atom is -0.497 e. The van der Waals surface area contributed by atoms with Crippen LogP contribution in [0.15, 0.2) is 24.3 Å². The van der Waals surface area contributed by atoms with Crippen molar-refractivity contribution in [1.29, 1.82) is 0 Å². The van der Waals surface area contributed by atoms with Gasteiger partial charge < -0.3 is 4.74 Å². The van der Waals surface area contributed by atoms with Gasteiger partial charge in [-0.2, -0.15) is 0 Å². The minimum absolute atomic E-state index is 0.645. The Labute approximate surface area is 72.3 Å². The number of ether oxygens (including phenoxy) is 1. The molecular formula is C9H13NO2. The quantitative estimate of drug-likeness (QED) is 0.696. The van der Waals surface area contributed by atoms with Gasteiger partial charge in [-0.15, -0.1) is 0 Å². The molecule has 0 aliphatic rings. The summed E-state index contributed by atoms with van der Waals surface area (Å²) in [4.78, 5) is 5.00. The first-order chi connectivity index (χ1) is 5.86. The Morgan fingerprint density at radius 2 is 1.92 bits per heavy atom. The van der Waals surface area contributed by atoms with Gasteiger partial charge >= 0.3 is 0 Å². The molecule has 0 unspecified atom stereocenters. The highest BCUT2D eigenvalue weighted by Gasteiger charge is 1.91. The number of rotatable bonds is 4. The average Bonchev–Trinajstić information content (AvgIpc) is 2.15. The number of anilines is 1. The van der Waals surface area contributed by atoms with Crippen LogP contribution >= 0.6 is 0 Å². The molecule has 12 heavy (non-hydrogen) atoms. The van der Waals surface area contributed by atoms with Crippen LogP contribution in [0.2, 0.25) is 0 Å². The highest BCUT2D eigenvalue weighted by molar-refractivity contribution is 5.44. The molecule has 3 heteroatoms. The minimum atomic E-state index is 0.645. The van der Waals surface area contributed by atoms with Gasteiger partial charge in [0.05, 0.1) is 19.4 Å². The van der Waals surface area contributed by atoms with Gasteiger partial charge in [0.15, 0.2) is 0 Å². The zero-order valence-corrected chi connectivity index (χ0v) is 7.33. The molecule has 0 spiro atoms. The van der Waals surface area contributed by atoms with Gasteiger partial charge in [0.1, 0.15) is 5.75 Å². The maximum atomic E-state index is 5.01. The largest absolute Gasteiger partial charge is 0.497 e. The van der Waals surface area contributed by atoms with Crippen molar-refractivity contribution < 1.29 is 9.57 Å². The van der Waals surface area contributed by atoms with Gasteiger partial charge in [0, 0.05) is 0 Å². The lowest BCUT2D eigenvalue weighted by Crippen LogP contribution is -1.99. The van der Waals surface area contributed by atoms with Crippen LogP contribution < -0.4 is 10.2 Å². The molecule has 0 fully saturated rings. The maximum Gasteiger partial charge on any atom is 0.119 e. The van der Waals surface area contributed by atoms with Crippen molar-refractivity contribution in [1.82, 2.24) is 0 Å². The Kier molecular flexibility index (Phi) is 3.41. The van der Waals surface area contributed by atoms with Gasteiger partial charge in [0.25, 0.3) is 0 Å². The molecule has 0 amide bonds. The van der Waals surface area contributed by atoms with Crippen molar-refractivity contribution in [2.75, 3.05) is 19.2 Å². The smallest absolute Gasteiger partial charge is 0.119 e. The van der Waals surface area contributed by atoms with E-state index in [4.69, 9.17) is 9.57 Å². The van der Waals surface area contributed by atoms with E-state index in [9.17, 15) is 0 Å². The van der Waals surface area contributed by atoms with Crippen molar-refractivity contribution in [2.24, 2.45) is 0 Å². The third-order valence-electron chi connectivity index (χ3n) is 1.42. The van der Waals surface area contributed by atoms with E-state index < -0.39 is 0 Å². The van der Waals surface area contributed by atoms with E-state index >= 15 is 0 Å². The molecule has 0 atom stereocenters. The van der Waals surface area contributed by atoms with Crippen LogP contribution in [-0.4, -0.2) is 13.7 Å². The molecule has 66 valence electrons. The van der Waals surface area contributed by atoms with Crippen molar-refractivity contribution >= 4 is 5.69 Å². The van der Waals surface area contributed by atoms with E-state index in [0.717, 1.165) is 11.4 Å². The Balaban J connectivity index is 2.53. The highest BCUT2D eigenvalue weighted by atomic mass is 16.6. The van der Waals surface area contributed by atoms with Gasteiger partial charge in [-0.1, -0.05) is 0 Å². The fraction of sp³-hybridized carbons (Fsp3) is 0.333. The molecule has 3 nitrogen and oxygen atoms in total. The highest BCUT2D eigenvalue weighted by Crippen LogP contribution is 2.14. The van der Waals surface area contributed by atoms with Crippen molar-refractivity contribution in [3.63, 3.8) is 0 Å². The lowest BCUT2D eigenvalue weighted by atomic mass is 10.3. The van der Waals surface area contributed by atoms with Gasteiger partial charge in [-0.3, -0.25) is 10.3 Å². The number of methoxy groups -OCH3 is 1. The van der Waals surface area contributed by atoms with Crippen LogP contribution in [0.25, 0.3) is 0 Å². The summed E-state index contributed by atoms with van der Waals surface area (Å²) in [6.45, 7) is 2.57. The molecule has 0 saturated carbocycles. The summed E-state index contributed by atoms with van der Waals surface area (Å²) in [5.41, 5.74) is 3.72. The first kappa shape index (κ1) is 8.87. The van der Waals surface area contributed by atoms with Crippen LogP contribution in [0, 0.1) is 0 Å². The Hall–Kier alpha value is -1.22. The summed E-state index contributed by atoms with van der Waals surface area (Å²) in [5, 5.41) is 0. The summed E-state index contributed by atoms with van der Waals surface area (Å²) in [5.74, 6) is 0.844. The molecule has 0 aliphatic heterocycles. The lowest BCUT2D eigenvalue weighted by Gasteiger charge is -2.05. The Bertz CT molecular complexity index is 220. The van der Waals surface area contributed by atoms with E-state index in [-0.39, 0.29) is 0 Å². The summed E-state index contributed by atoms with van der Waals surface area (Å²) in [7, 11) is 1.64. The summed E-state index contributed by atoms with van der Waals surface area (Å²) in [6.07, 6.45) is 0. The Morgan fingerprint density at radius 3 is 2.42 bits per heavy atom. The van der Waals surface area contributed by atoms with Crippen LogP contribution in [0.3, 0.4) is 0 Å². The predicted molar refractivity (Wildman–Crippen MR) is 48.2 cm³/mol. The van der Waals surface area contributed by atoms with E-state index in [1.165, 1.54) is 0 Å². The number of benzene rings is 1. The van der Waals surface area contributed by atoms with Crippen LogP contribution in [0.4, 0.5) is 5.69 Å². The molecule has 0 aliphatic carbocycles. The normalized spacial score (nSPS) is 9.50. The predicted octanol–water partition coefficient (Wildman–Crippen LogP) is 2.06. The van der Waals surface area contributed by atoms with Crippen molar-refractivity contribution in [3.8, 4) is 5.75 Å². The van der Waals surface area contributed by atoms with Crippen molar-refractivity contribution in [2.45, 2.75) is 6.92 Å². The number of hydrogen-bond acceptors (Lipinski definition) is 3. The molecule has 0 bridgehead atoms. The van der Waals surface area contributed by atoms with Crippen LogP contribution in [0.5, 0.6) is 5.75 Å². The number of nitrogens with one attached hydrogen (secondary N) is 1. The maximum absolute atomic E-state index is 5.01. The molecule has 1 rings (SSSR count). The van der Waals surface area contributed by atoms with Gasteiger partial charge in [-0.05, 0) is 31.2 Å². The van der Waals surface area contributed by atoms with Crippen LogP contribution in [0.1, 0.15) is 6.92 Å². The topological polar surface area (TPSA) is 30.5 Å². The second kappa shape index (κ2) is 4.62. The number of hydrogen-bond donors (Lipinski definition) is 1. The third-order valence-corrected chi connectivity index (χ3v) is 1.42. The summed E-state index contributed by atoms with van der Waals surface area (Å²) >= 11 is 0. The van der Waals surface area contributed by atoms with Gasteiger partial charge in [-0.25, -0.2) is 0 Å². The fourth-order valence-electron chi connectivity index (χ4n) is 0.815. The summed E-state index contributed by atoms with van der Waals surface area (Å²) < 4.78 is 5.01. The monoisotopic (exact) mass is 167 g/mol. The molecule has 1 aromatic carbocycles. The van der Waals surface area contributed by atoms with Crippen molar-refractivity contribution in [3.05, 3.63) is 24.3 Å². The zero-order chi connectivity index (χ0) is 8.81.